The number of pyridine rings is 1. The fraction of sp³-hybridized carbons (Fsp3) is 0. The van der Waals surface area contributed by atoms with Crippen LogP contribution >= 0.6 is 11.6 Å². The topological polar surface area (TPSA) is 71.1 Å². The van der Waals surface area contributed by atoms with Gasteiger partial charge in [0.05, 0.1) is 5.56 Å². The lowest BCUT2D eigenvalue weighted by atomic mass is 10.2. The van der Waals surface area contributed by atoms with Crippen LogP contribution in [0.25, 0.3) is 0 Å². The minimum Gasteiger partial charge on any atom is -0.322 e. The van der Waals surface area contributed by atoms with Gasteiger partial charge < -0.3 is 10.6 Å². The van der Waals surface area contributed by atoms with Gasteiger partial charge in [-0.15, -0.1) is 0 Å². The number of nitrogens with zero attached hydrogens (tertiary/aromatic N) is 1. The molecular formula is C19H14ClN3O2. The van der Waals surface area contributed by atoms with Gasteiger partial charge in [0.1, 0.15) is 0 Å². The van der Waals surface area contributed by atoms with Gasteiger partial charge in [0, 0.05) is 34.4 Å². The maximum Gasteiger partial charge on any atom is 0.257 e. The Morgan fingerprint density at radius 2 is 1.32 bits per heavy atom. The zero-order valence-electron chi connectivity index (χ0n) is 13.1. The molecule has 25 heavy (non-hydrogen) atoms. The lowest BCUT2D eigenvalue weighted by molar-refractivity contribution is 0.101. The SMILES string of the molecule is O=C(Nc1ccc(NC(=O)c2cccnc2)cc1)c1ccc(Cl)cc1. The molecule has 0 saturated heterocycles. The average Bonchev–Trinajstić information content (AvgIpc) is 2.64. The molecule has 5 nitrogen and oxygen atoms in total. The van der Waals surface area contributed by atoms with Gasteiger partial charge in [-0.1, -0.05) is 11.6 Å². The quantitative estimate of drug-likeness (QED) is 0.738. The van der Waals surface area contributed by atoms with Gasteiger partial charge in [-0.05, 0) is 60.7 Å². The number of rotatable bonds is 4. The molecule has 0 spiro atoms. The van der Waals surface area contributed by atoms with Gasteiger partial charge in [-0.25, -0.2) is 0 Å². The summed E-state index contributed by atoms with van der Waals surface area (Å²) in [4.78, 5) is 28.1. The van der Waals surface area contributed by atoms with Crippen LogP contribution in [0.3, 0.4) is 0 Å². The van der Waals surface area contributed by atoms with Crippen LogP contribution in [0.4, 0.5) is 11.4 Å². The van der Waals surface area contributed by atoms with E-state index >= 15 is 0 Å². The highest BCUT2D eigenvalue weighted by atomic mass is 35.5. The van der Waals surface area contributed by atoms with Crippen LogP contribution < -0.4 is 10.6 Å². The summed E-state index contributed by atoms with van der Waals surface area (Å²) in [6.07, 6.45) is 3.10. The fourth-order valence-corrected chi connectivity index (χ4v) is 2.27. The van der Waals surface area contributed by atoms with Crippen molar-refractivity contribution < 1.29 is 9.59 Å². The van der Waals surface area contributed by atoms with Gasteiger partial charge in [0.25, 0.3) is 11.8 Å². The molecule has 0 aliphatic rings. The first-order valence-electron chi connectivity index (χ1n) is 7.50. The monoisotopic (exact) mass is 351 g/mol. The molecule has 0 aliphatic carbocycles. The first kappa shape index (κ1) is 16.7. The van der Waals surface area contributed by atoms with E-state index in [1.807, 2.05) is 0 Å². The molecule has 1 heterocycles. The average molecular weight is 352 g/mol. The summed E-state index contributed by atoms with van der Waals surface area (Å²) >= 11 is 5.81. The van der Waals surface area contributed by atoms with E-state index in [2.05, 4.69) is 15.6 Å². The number of carbonyl (C=O) groups excluding carboxylic acids is 2. The molecule has 0 aliphatic heterocycles. The molecule has 2 N–H and O–H groups in total. The van der Waals surface area contributed by atoms with Crippen LogP contribution in [-0.4, -0.2) is 16.8 Å². The summed E-state index contributed by atoms with van der Waals surface area (Å²) in [5.74, 6) is -0.477. The van der Waals surface area contributed by atoms with Crippen molar-refractivity contribution in [1.82, 2.24) is 4.98 Å². The molecule has 0 fully saturated rings. The largest absolute Gasteiger partial charge is 0.322 e. The number of carbonyl (C=O) groups is 2. The van der Waals surface area contributed by atoms with E-state index in [9.17, 15) is 9.59 Å². The minimum absolute atomic E-state index is 0.233. The van der Waals surface area contributed by atoms with Crippen LogP contribution in [0, 0.1) is 0 Å². The summed E-state index contributed by atoms with van der Waals surface area (Å²) in [5.41, 5.74) is 2.23. The van der Waals surface area contributed by atoms with Crippen LogP contribution in [0.2, 0.25) is 5.02 Å². The first-order valence-corrected chi connectivity index (χ1v) is 7.88. The second-order valence-electron chi connectivity index (χ2n) is 5.23. The Kier molecular flexibility index (Phi) is 5.06. The summed E-state index contributed by atoms with van der Waals surface area (Å²) in [6, 6.07) is 16.9. The van der Waals surface area contributed by atoms with Crippen molar-refractivity contribution in [2.75, 3.05) is 10.6 Å². The van der Waals surface area contributed by atoms with Crippen molar-refractivity contribution in [2.45, 2.75) is 0 Å². The smallest absolute Gasteiger partial charge is 0.257 e. The van der Waals surface area contributed by atoms with Gasteiger partial charge >= 0.3 is 0 Å². The number of amides is 2. The maximum absolute atomic E-state index is 12.1. The van der Waals surface area contributed by atoms with Crippen LogP contribution in [-0.2, 0) is 0 Å². The second-order valence-corrected chi connectivity index (χ2v) is 5.67. The molecule has 0 unspecified atom stereocenters. The van der Waals surface area contributed by atoms with Crippen molar-refractivity contribution in [3.8, 4) is 0 Å². The molecule has 2 amide bonds. The third-order valence-corrected chi connectivity index (χ3v) is 3.68. The highest BCUT2D eigenvalue weighted by Crippen LogP contribution is 2.16. The van der Waals surface area contributed by atoms with Crippen molar-refractivity contribution in [3.05, 3.63) is 89.2 Å². The number of hydrogen-bond acceptors (Lipinski definition) is 3. The van der Waals surface area contributed by atoms with E-state index in [4.69, 9.17) is 11.6 Å². The van der Waals surface area contributed by atoms with E-state index in [1.165, 1.54) is 6.20 Å². The summed E-state index contributed by atoms with van der Waals surface area (Å²) < 4.78 is 0. The van der Waals surface area contributed by atoms with Gasteiger partial charge in [0.2, 0.25) is 0 Å². The van der Waals surface area contributed by atoms with E-state index in [-0.39, 0.29) is 11.8 Å². The Bertz CT molecular complexity index is 879. The summed E-state index contributed by atoms with van der Waals surface area (Å²) in [7, 11) is 0. The third-order valence-electron chi connectivity index (χ3n) is 3.43. The number of benzene rings is 2. The Balaban J connectivity index is 1.63. The van der Waals surface area contributed by atoms with Crippen LogP contribution in [0.5, 0.6) is 0 Å². The summed E-state index contributed by atoms with van der Waals surface area (Å²) in [6.45, 7) is 0. The van der Waals surface area contributed by atoms with Crippen molar-refractivity contribution >= 4 is 34.8 Å². The van der Waals surface area contributed by atoms with E-state index in [1.54, 1.807) is 66.9 Å². The minimum atomic E-state index is -0.244. The Labute approximate surface area is 149 Å². The number of hydrogen-bond donors (Lipinski definition) is 2. The van der Waals surface area contributed by atoms with Crippen molar-refractivity contribution in [3.63, 3.8) is 0 Å². The molecule has 2 aromatic carbocycles. The fourth-order valence-electron chi connectivity index (χ4n) is 2.14. The molecular weight excluding hydrogens is 338 g/mol. The van der Waals surface area contributed by atoms with Crippen molar-refractivity contribution in [2.24, 2.45) is 0 Å². The molecule has 6 heteroatoms. The lowest BCUT2D eigenvalue weighted by Gasteiger charge is -2.08. The van der Waals surface area contributed by atoms with Crippen LogP contribution in [0.1, 0.15) is 20.7 Å². The Hall–Kier alpha value is -3.18. The number of halogens is 1. The molecule has 3 rings (SSSR count). The van der Waals surface area contributed by atoms with E-state index in [0.717, 1.165) is 0 Å². The van der Waals surface area contributed by atoms with Gasteiger partial charge in [0.15, 0.2) is 0 Å². The van der Waals surface area contributed by atoms with E-state index < -0.39 is 0 Å². The molecule has 0 radical (unpaired) electrons. The van der Waals surface area contributed by atoms with Crippen LogP contribution in [0.15, 0.2) is 73.1 Å². The predicted octanol–water partition coefficient (Wildman–Crippen LogP) is 4.24. The Morgan fingerprint density at radius 3 is 1.84 bits per heavy atom. The third kappa shape index (κ3) is 4.43. The highest BCUT2D eigenvalue weighted by molar-refractivity contribution is 6.30. The van der Waals surface area contributed by atoms with Gasteiger partial charge in [-0.3, -0.25) is 14.6 Å². The van der Waals surface area contributed by atoms with E-state index in [0.29, 0.717) is 27.5 Å². The van der Waals surface area contributed by atoms with Crippen molar-refractivity contribution in [1.29, 1.82) is 0 Å². The molecule has 1 aromatic heterocycles. The Morgan fingerprint density at radius 1 is 0.760 bits per heavy atom. The normalized spacial score (nSPS) is 10.1. The molecule has 0 atom stereocenters. The predicted molar refractivity (Wildman–Crippen MR) is 98.0 cm³/mol. The lowest BCUT2D eigenvalue weighted by Crippen LogP contribution is -2.13. The zero-order valence-corrected chi connectivity index (χ0v) is 13.8. The van der Waals surface area contributed by atoms with Gasteiger partial charge in [-0.2, -0.15) is 0 Å². The molecule has 3 aromatic rings. The number of nitrogens with one attached hydrogen (secondary N) is 2. The first-order chi connectivity index (χ1) is 12.1. The highest BCUT2D eigenvalue weighted by Gasteiger charge is 2.08. The zero-order chi connectivity index (χ0) is 17.6. The maximum atomic E-state index is 12.1. The standard InChI is InChI=1S/C19H14ClN3O2/c20-15-5-3-13(4-6-15)18(24)22-16-7-9-17(10-8-16)23-19(25)14-2-1-11-21-12-14/h1-12H,(H,22,24)(H,23,25). The number of anilines is 2. The molecule has 0 saturated carbocycles. The summed E-state index contributed by atoms with van der Waals surface area (Å²) in [5, 5.41) is 6.13. The second kappa shape index (κ2) is 7.59. The number of aromatic nitrogens is 1. The molecule has 124 valence electrons. The molecule has 0 bridgehead atoms.